The molecule has 0 fully saturated rings. The third-order valence-electron chi connectivity index (χ3n) is 2.25. The molecular formula is C13H14O2. The van der Waals surface area contributed by atoms with Gasteiger partial charge in [-0.15, -0.1) is 12.3 Å². The highest BCUT2D eigenvalue weighted by molar-refractivity contribution is 5.70. The molecule has 2 nitrogen and oxygen atoms in total. The lowest BCUT2D eigenvalue weighted by Gasteiger charge is -2.11. The molecule has 1 aromatic rings. The van der Waals surface area contributed by atoms with Crippen molar-refractivity contribution in [1.82, 2.24) is 0 Å². The topological polar surface area (TPSA) is 26.3 Å². The summed E-state index contributed by atoms with van der Waals surface area (Å²) in [6.45, 7) is 5.22. The van der Waals surface area contributed by atoms with Gasteiger partial charge in [0, 0.05) is 13.3 Å². The van der Waals surface area contributed by atoms with E-state index in [1.165, 1.54) is 6.92 Å². The lowest BCUT2D eigenvalue weighted by Crippen LogP contribution is -2.05. The average molecular weight is 202 g/mol. The smallest absolute Gasteiger partial charge is 0.308 e. The zero-order chi connectivity index (χ0) is 11.4. The minimum absolute atomic E-state index is 0.306. The predicted molar refractivity (Wildman–Crippen MR) is 59.8 cm³/mol. The lowest BCUT2D eigenvalue weighted by molar-refractivity contribution is -0.131. The molecule has 0 heterocycles. The highest BCUT2D eigenvalue weighted by atomic mass is 16.5. The fourth-order valence-electron chi connectivity index (χ4n) is 1.47. The van der Waals surface area contributed by atoms with Crippen LogP contribution in [0.2, 0.25) is 0 Å². The lowest BCUT2D eigenvalue weighted by atomic mass is 10.0. The van der Waals surface area contributed by atoms with Crippen LogP contribution < -0.4 is 4.74 Å². The molecule has 0 radical (unpaired) electrons. The summed E-state index contributed by atoms with van der Waals surface area (Å²) in [7, 11) is 0. The summed E-state index contributed by atoms with van der Waals surface area (Å²) in [5, 5.41) is 0. The Hall–Kier alpha value is -1.75. The van der Waals surface area contributed by atoms with Gasteiger partial charge in [-0.1, -0.05) is 12.1 Å². The Morgan fingerprint density at radius 1 is 1.47 bits per heavy atom. The molecule has 0 aromatic heterocycles. The zero-order valence-corrected chi connectivity index (χ0v) is 9.26. The van der Waals surface area contributed by atoms with Gasteiger partial charge in [-0.3, -0.25) is 4.79 Å². The van der Waals surface area contributed by atoms with E-state index in [1.54, 1.807) is 0 Å². The summed E-state index contributed by atoms with van der Waals surface area (Å²) >= 11 is 0. The molecule has 15 heavy (non-hydrogen) atoms. The summed E-state index contributed by atoms with van der Waals surface area (Å²) in [5.74, 6) is 2.91. The van der Waals surface area contributed by atoms with E-state index < -0.39 is 0 Å². The van der Waals surface area contributed by atoms with Gasteiger partial charge >= 0.3 is 5.97 Å². The van der Waals surface area contributed by atoms with Gasteiger partial charge < -0.3 is 4.74 Å². The summed E-state index contributed by atoms with van der Waals surface area (Å²) < 4.78 is 5.16. The van der Waals surface area contributed by atoms with Crippen LogP contribution in [-0.2, 0) is 11.2 Å². The van der Waals surface area contributed by atoms with Gasteiger partial charge in [0.05, 0.1) is 0 Å². The molecule has 0 aliphatic carbocycles. The molecule has 0 aliphatic heterocycles. The molecule has 0 saturated carbocycles. The van der Waals surface area contributed by atoms with Gasteiger partial charge in [0.25, 0.3) is 0 Å². The number of rotatable bonds is 2. The maximum Gasteiger partial charge on any atom is 0.308 e. The monoisotopic (exact) mass is 202 g/mol. The van der Waals surface area contributed by atoms with Crippen LogP contribution in [0, 0.1) is 26.2 Å². The Labute approximate surface area is 90.3 Å². The Morgan fingerprint density at radius 2 is 2.13 bits per heavy atom. The highest BCUT2D eigenvalue weighted by Gasteiger charge is 2.09. The van der Waals surface area contributed by atoms with Crippen LogP contribution in [0.25, 0.3) is 0 Å². The molecule has 0 atom stereocenters. The standard InChI is InChI=1S/C13H14O2/c1-5-6-12-8-7-9(2)13(10(12)3)15-11(4)14/h1,7-8H,6H2,2-4H3. The van der Waals surface area contributed by atoms with Crippen molar-refractivity contribution in [3.63, 3.8) is 0 Å². The Balaban J connectivity index is 3.18. The van der Waals surface area contributed by atoms with E-state index in [4.69, 9.17) is 11.2 Å². The molecule has 1 rings (SSSR count). The number of aryl methyl sites for hydroxylation is 1. The third-order valence-corrected chi connectivity index (χ3v) is 2.25. The molecule has 0 aliphatic rings. The van der Waals surface area contributed by atoms with Crippen molar-refractivity contribution in [2.45, 2.75) is 27.2 Å². The summed E-state index contributed by atoms with van der Waals surface area (Å²) in [6.07, 6.45) is 5.82. The molecule has 78 valence electrons. The van der Waals surface area contributed by atoms with Crippen LogP contribution in [0.1, 0.15) is 23.6 Å². The molecule has 1 aromatic carbocycles. The summed E-state index contributed by atoms with van der Waals surface area (Å²) in [4.78, 5) is 10.9. The Kier molecular flexibility index (Phi) is 3.51. The van der Waals surface area contributed by atoms with Gasteiger partial charge in [-0.25, -0.2) is 0 Å². The van der Waals surface area contributed by atoms with E-state index in [0.717, 1.165) is 16.7 Å². The van der Waals surface area contributed by atoms with Crippen LogP contribution >= 0.6 is 0 Å². The fourth-order valence-corrected chi connectivity index (χ4v) is 1.47. The van der Waals surface area contributed by atoms with Gasteiger partial charge in [0.15, 0.2) is 0 Å². The van der Waals surface area contributed by atoms with E-state index in [-0.39, 0.29) is 5.97 Å². The number of ether oxygens (including phenoxy) is 1. The Morgan fingerprint density at radius 3 is 2.67 bits per heavy atom. The van der Waals surface area contributed by atoms with Crippen LogP contribution in [0.15, 0.2) is 12.1 Å². The van der Waals surface area contributed by atoms with Crippen molar-refractivity contribution in [2.75, 3.05) is 0 Å². The normalized spacial score (nSPS) is 9.47. The van der Waals surface area contributed by atoms with Gasteiger partial charge in [-0.2, -0.15) is 0 Å². The zero-order valence-electron chi connectivity index (χ0n) is 9.26. The van der Waals surface area contributed by atoms with Crippen LogP contribution in [0.3, 0.4) is 0 Å². The van der Waals surface area contributed by atoms with Crippen molar-refractivity contribution < 1.29 is 9.53 Å². The van der Waals surface area contributed by atoms with E-state index >= 15 is 0 Å². The summed E-state index contributed by atoms with van der Waals surface area (Å²) in [6, 6.07) is 3.88. The van der Waals surface area contributed by atoms with E-state index in [2.05, 4.69) is 5.92 Å². The molecule has 0 spiro atoms. The van der Waals surface area contributed by atoms with Crippen molar-refractivity contribution in [2.24, 2.45) is 0 Å². The summed E-state index contributed by atoms with van der Waals surface area (Å²) in [5.41, 5.74) is 2.92. The number of hydrogen-bond donors (Lipinski definition) is 0. The van der Waals surface area contributed by atoms with Gasteiger partial charge in [0.1, 0.15) is 5.75 Å². The van der Waals surface area contributed by atoms with E-state index in [9.17, 15) is 4.79 Å². The highest BCUT2D eigenvalue weighted by Crippen LogP contribution is 2.26. The minimum atomic E-state index is -0.306. The van der Waals surface area contributed by atoms with Crippen molar-refractivity contribution in [1.29, 1.82) is 0 Å². The molecule has 0 bridgehead atoms. The molecular weight excluding hydrogens is 188 g/mol. The average Bonchev–Trinajstić information content (AvgIpc) is 2.17. The van der Waals surface area contributed by atoms with Crippen molar-refractivity contribution in [3.8, 4) is 18.1 Å². The van der Waals surface area contributed by atoms with Crippen LogP contribution in [0.5, 0.6) is 5.75 Å². The number of esters is 1. The van der Waals surface area contributed by atoms with E-state index in [1.807, 2.05) is 26.0 Å². The van der Waals surface area contributed by atoms with Gasteiger partial charge in [0.2, 0.25) is 0 Å². The molecule has 0 unspecified atom stereocenters. The first-order valence-electron chi connectivity index (χ1n) is 4.77. The number of terminal acetylenes is 1. The second-order valence-corrected chi connectivity index (χ2v) is 3.47. The van der Waals surface area contributed by atoms with Crippen LogP contribution in [0.4, 0.5) is 0 Å². The maximum atomic E-state index is 10.9. The third kappa shape index (κ3) is 2.60. The van der Waals surface area contributed by atoms with Gasteiger partial charge in [-0.05, 0) is 30.5 Å². The minimum Gasteiger partial charge on any atom is -0.426 e. The largest absolute Gasteiger partial charge is 0.426 e. The first kappa shape index (κ1) is 11.3. The second-order valence-electron chi connectivity index (χ2n) is 3.47. The molecule has 0 saturated heterocycles. The maximum absolute atomic E-state index is 10.9. The molecule has 0 amide bonds. The van der Waals surface area contributed by atoms with Crippen LogP contribution in [-0.4, -0.2) is 5.97 Å². The first-order chi connectivity index (χ1) is 7.06. The van der Waals surface area contributed by atoms with E-state index in [0.29, 0.717) is 12.2 Å². The van der Waals surface area contributed by atoms with Crippen molar-refractivity contribution >= 4 is 5.97 Å². The molecule has 0 N–H and O–H groups in total. The SMILES string of the molecule is C#CCc1ccc(C)c(OC(C)=O)c1C. The van der Waals surface area contributed by atoms with Crippen molar-refractivity contribution in [3.05, 3.63) is 28.8 Å². The quantitative estimate of drug-likeness (QED) is 0.418. The molecule has 2 heteroatoms. The fraction of sp³-hybridized carbons (Fsp3) is 0.308. The number of benzene rings is 1. The number of carbonyl (C=O) groups is 1. The Bertz CT molecular complexity index is 425. The number of carbonyl (C=O) groups excluding carboxylic acids is 1. The predicted octanol–water partition coefficient (Wildman–Crippen LogP) is 2.40. The number of hydrogen-bond acceptors (Lipinski definition) is 2. The first-order valence-corrected chi connectivity index (χ1v) is 4.77. The second kappa shape index (κ2) is 4.65.